The molecule has 30 valence electrons. The van der Waals surface area contributed by atoms with Crippen LogP contribution in [-0.2, 0) is 0 Å². The van der Waals surface area contributed by atoms with E-state index in [2.05, 4.69) is 22.8 Å². The fourth-order valence-corrected chi connectivity index (χ4v) is 0. The average molecular weight is 192 g/mol. The van der Waals surface area contributed by atoms with E-state index >= 15 is 0 Å². The first-order valence-electron chi connectivity index (χ1n) is 1.70. The summed E-state index contributed by atoms with van der Waals surface area (Å²) in [6.07, 6.45) is 1.25. The summed E-state index contributed by atoms with van der Waals surface area (Å²) >= 11 is 0.733. The van der Waals surface area contributed by atoms with E-state index in [0.29, 0.717) is 0 Å². The molecule has 0 nitrogen and oxygen atoms in total. The Kier molecular flexibility index (Phi) is 36.8. The third-order valence-corrected chi connectivity index (χ3v) is 0. The molecule has 5 heavy (non-hydrogen) atoms. The van der Waals surface area contributed by atoms with Crippen molar-refractivity contribution in [3.8, 4) is 0 Å². The van der Waals surface area contributed by atoms with E-state index in [4.69, 9.17) is 0 Å². The van der Waals surface area contributed by atoms with Gasteiger partial charge in [-0.3, -0.25) is 0 Å². The van der Waals surface area contributed by atoms with Crippen LogP contribution in [0.25, 0.3) is 0 Å². The second-order valence-corrected chi connectivity index (χ2v) is 0.707. The van der Waals surface area contributed by atoms with Crippen molar-refractivity contribution in [2.75, 3.05) is 0 Å². The third kappa shape index (κ3) is 40.9. The molecule has 0 aliphatic carbocycles. The van der Waals surface area contributed by atoms with Gasteiger partial charge < -0.3 is 0 Å². The Morgan fingerprint density at radius 1 is 1.40 bits per heavy atom. The van der Waals surface area contributed by atoms with E-state index in [1.165, 1.54) is 6.42 Å². The molecule has 0 atom stereocenters. The zero-order valence-electron chi connectivity index (χ0n) is 3.82. The van der Waals surface area contributed by atoms with Crippen LogP contribution in [0.5, 0.6) is 0 Å². The molecule has 0 N–H and O–H groups in total. The summed E-state index contributed by atoms with van der Waals surface area (Å²) in [5, 5.41) is 0. The molecule has 0 rings (SSSR count). The molecule has 0 saturated carbocycles. The van der Waals surface area contributed by atoms with E-state index in [1.807, 2.05) is 0 Å². The van der Waals surface area contributed by atoms with Crippen molar-refractivity contribution in [2.45, 2.75) is 20.3 Å². The van der Waals surface area contributed by atoms with Crippen LogP contribution in [0.2, 0.25) is 0 Å². The van der Waals surface area contributed by atoms with Gasteiger partial charge >= 0.3 is 31.3 Å². The van der Waals surface area contributed by atoms with Crippen LogP contribution in [0.15, 0.2) is 0 Å². The van der Waals surface area contributed by atoms with Gasteiger partial charge in [-0.25, -0.2) is 0 Å². The van der Waals surface area contributed by atoms with Gasteiger partial charge in [0.2, 0.25) is 0 Å². The van der Waals surface area contributed by atoms with Gasteiger partial charge in [-0.15, -0.1) is 0 Å². The molecule has 0 fully saturated rings. The first kappa shape index (κ1) is 9.43. The maximum atomic E-state index is 4.25. The topological polar surface area (TPSA) is 0 Å². The summed E-state index contributed by atoms with van der Waals surface area (Å²) in [5.41, 5.74) is 0. The second kappa shape index (κ2) is 19.5. The van der Waals surface area contributed by atoms with Crippen molar-refractivity contribution in [3.63, 3.8) is 0 Å². The SMILES string of the molecule is CCC.[S]=[InH]. The van der Waals surface area contributed by atoms with E-state index in [-0.39, 0.29) is 0 Å². The maximum absolute atomic E-state index is 4.25. The molecule has 0 unspecified atom stereocenters. The Bertz CT molecular complexity index is 10.9. The standard InChI is InChI=1S/C3H8.In.S.H/c1-3-2;;;/h3H2,1-2H3;;;. The minimum atomic E-state index is 0.733. The zero-order chi connectivity index (χ0) is 4.71. The molecule has 0 spiro atoms. The van der Waals surface area contributed by atoms with Crippen LogP contribution in [0, 0.1) is 0 Å². The zero-order valence-corrected chi connectivity index (χ0v) is 8.68. The predicted octanol–water partition coefficient (Wildman–Crippen LogP) is 1.42. The molecule has 2 heteroatoms. The van der Waals surface area contributed by atoms with Gasteiger partial charge in [-0.1, -0.05) is 20.3 Å². The Labute approximate surface area is 51.5 Å². The molecule has 0 aliphatic heterocycles. The monoisotopic (exact) mass is 192 g/mol. The number of rotatable bonds is 0. The summed E-state index contributed by atoms with van der Waals surface area (Å²) in [7, 11) is 4.25. The summed E-state index contributed by atoms with van der Waals surface area (Å²) in [4.78, 5) is 0. The second-order valence-electron chi connectivity index (χ2n) is 0.707. The van der Waals surface area contributed by atoms with Crippen LogP contribution in [0.1, 0.15) is 20.3 Å². The van der Waals surface area contributed by atoms with E-state index in [9.17, 15) is 0 Å². The summed E-state index contributed by atoms with van der Waals surface area (Å²) in [5.74, 6) is 0. The van der Waals surface area contributed by atoms with Crippen LogP contribution in [0.4, 0.5) is 0 Å². The average Bonchev–Trinajstić information content (AvgIpc) is 1.46. The molecule has 0 aromatic rings. The fraction of sp³-hybridized carbons (Fsp3) is 1.00. The van der Waals surface area contributed by atoms with E-state index < -0.39 is 0 Å². The normalized spacial score (nSPS) is 4.20. The minimum absolute atomic E-state index is 0.733. The molecule has 0 bridgehead atoms. The van der Waals surface area contributed by atoms with Gasteiger partial charge in [0.25, 0.3) is 0 Å². The van der Waals surface area contributed by atoms with Gasteiger partial charge in [-0.05, 0) is 0 Å². The van der Waals surface area contributed by atoms with Crippen molar-refractivity contribution in [1.82, 2.24) is 0 Å². The van der Waals surface area contributed by atoms with Gasteiger partial charge in [0.05, 0.1) is 0 Å². The van der Waals surface area contributed by atoms with Crippen LogP contribution in [-0.4, -0.2) is 22.4 Å². The summed E-state index contributed by atoms with van der Waals surface area (Å²) in [6, 6.07) is 0. The van der Waals surface area contributed by atoms with Crippen molar-refractivity contribution in [2.24, 2.45) is 0 Å². The Morgan fingerprint density at radius 3 is 1.40 bits per heavy atom. The molecule has 0 aliphatic rings. The van der Waals surface area contributed by atoms with E-state index in [1.54, 1.807) is 0 Å². The molecular formula is C3H9InS. The van der Waals surface area contributed by atoms with Gasteiger partial charge in [0.15, 0.2) is 0 Å². The molecule has 0 aromatic heterocycles. The molecule has 0 aromatic carbocycles. The molecule has 0 saturated heterocycles. The molecular weight excluding hydrogens is 183 g/mol. The van der Waals surface area contributed by atoms with Crippen LogP contribution < -0.4 is 0 Å². The Balaban J connectivity index is 0. The molecule has 0 heterocycles. The van der Waals surface area contributed by atoms with Gasteiger partial charge in [-0.2, -0.15) is 0 Å². The Hall–Kier alpha value is 1.09. The fourth-order valence-electron chi connectivity index (χ4n) is 0. The summed E-state index contributed by atoms with van der Waals surface area (Å²) in [6.45, 7) is 4.25. The number of hydrogen-bond acceptors (Lipinski definition) is 1. The van der Waals surface area contributed by atoms with Crippen LogP contribution in [0.3, 0.4) is 0 Å². The van der Waals surface area contributed by atoms with Crippen molar-refractivity contribution in [1.29, 1.82) is 0 Å². The van der Waals surface area contributed by atoms with Crippen molar-refractivity contribution in [3.05, 3.63) is 0 Å². The quantitative estimate of drug-likeness (QED) is 0.559. The van der Waals surface area contributed by atoms with Gasteiger partial charge in [0, 0.05) is 0 Å². The van der Waals surface area contributed by atoms with Gasteiger partial charge in [0.1, 0.15) is 0 Å². The first-order chi connectivity index (χ1) is 2.41. The molecule has 0 amide bonds. The Morgan fingerprint density at radius 2 is 1.40 bits per heavy atom. The van der Waals surface area contributed by atoms with Crippen molar-refractivity contribution >= 4 is 31.3 Å². The number of hydrogen-bond donors (Lipinski definition) is 0. The van der Waals surface area contributed by atoms with Crippen molar-refractivity contribution < 1.29 is 0 Å². The van der Waals surface area contributed by atoms with Crippen LogP contribution >= 0.6 is 8.92 Å². The molecule has 0 radical (unpaired) electrons. The van der Waals surface area contributed by atoms with E-state index in [0.717, 1.165) is 22.4 Å². The predicted molar refractivity (Wildman–Crippen MR) is 30.7 cm³/mol. The first-order valence-corrected chi connectivity index (χ1v) is 7.22. The third-order valence-electron chi connectivity index (χ3n) is 0. The summed E-state index contributed by atoms with van der Waals surface area (Å²) < 4.78 is 0.